The van der Waals surface area contributed by atoms with Crippen LogP contribution in [0, 0.1) is 17.2 Å². The van der Waals surface area contributed by atoms with Gasteiger partial charge in [0.05, 0.1) is 29.6 Å². The van der Waals surface area contributed by atoms with Crippen LogP contribution in [0.2, 0.25) is 0 Å². The molecule has 226 valence electrons. The van der Waals surface area contributed by atoms with Gasteiger partial charge in [0, 0.05) is 31.4 Å². The molecule has 2 unspecified atom stereocenters. The summed E-state index contributed by atoms with van der Waals surface area (Å²) in [6.07, 6.45) is 9.00. The zero-order valence-corrected chi connectivity index (χ0v) is 24.8. The molecule has 3 aromatic rings. The molecule has 8 rings (SSSR count). The smallest absolute Gasteiger partial charge is 0.319 e. The SMILES string of the molecule is C=C(F)C(=O)N1CCN(c2nc(OCC34CCCN3CCC4)nc3cc(-c4cccc5c4C4CC4C5)cnc23)C[C@@H]1CC#N. The Hall–Kier alpha value is -4.10. The Morgan fingerprint density at radius 1 is 1.18 bits per heavy atom. The number of hydrogen-bond donors (Lipinski definition) is 0. The fraction of sp³-hybridized carbons (Fsp3) is 0.500. The number of anilines is 1. The maximum atomic E-state index is 13.8. The molecule has 5 heterocycles. The summed E-state index contributed by atoms with van der Waals surface area (Å²) in [6.45, 7) is 6.91. The van der Waals surface area contributed by atoms with E-state index in [9.17, 15) is 14.4 Å². The third kappa shape index (κ3) is 4.52. The topological polar surface area (TPSA) is 98.5 Å². The average molecular weight is 594 g/mol. The van der Waals surface area contributed by atoms with E-state index in [2.05, 4.69) is 41.8 Å². The maximum Gasteiger partial charge on any atom is 0.319 e. The van der Waals surface area contributed by atoms with Crippen molar-refractivity contribution in [2.75, 3.05) is 44.2 Å². The lowest BCUT2D eigenvalue weighted by Gasteiger charge is -2.41. The number of ether oxygens (including phenoxy) is 1. The highest BCUT2D eigenvalue weighted by atomic mass is 19.1. The number of piperazine rings is 1. The van der Waals surface area contributed by atoms with Gasteiger partial charge in [-0.3, -0.25) is 14.7 Å². The highest BCUT2D eigenvalue weighted by Gasteiger charge is 2.47. The maximum absolute atomic E-state index is 13.8. The summed E-state index contributed by atoms with van der Waals surface area (Å²) in [5.41, 5.74) is 6.55. The molecule has 2 aromatic heterocycles. The van der Waals surface area contributed by atoms with E-state index in [1.54, 1.807) is 0 Å². The quantitative estimate of drug-likeness (QED) is 0.362. The number of amides is 1. The second-order valence-corrected chi connectivity index (χ2v) is 13.2. The zero-order chi connectivity index (χ0) is 30.0. The average Bonchev–Trinajstić information content (AvgIpc) is 3.32. The van der Waals surface area contributed by atoms with E-state index in [0.717, 1.165) is 43.8 Å². The van der Waals surface area contributed by atoms with Crippen molar-refractivity contribution in [1.29, 1.82) is 5.26 Å². The Balaban J connectivity index is 1.17. The van der Waals surface area contributed by atoms with Crippen molar-refractivity contribution in [3.05, 3.63) is 54.0 Å². The van der Waals surface area contributed by atoms with Gasteiger partial charge in [-0.05, 0) is 86.2 Å². The van der Waals surface area contributed by atoms with E-state index in [-0.39, 0.29) is 18.5 Å². The second-order valence-electron chi connectivity index (χ2n) is 13.2. The number of rotatable bonds is 7. The number of nitriles is 1. The summed E-state index contributed by atoms with van der Waals surface area (Å²) < 4.78 is 20.3. The molecule has 1 aromatic carbocycles. The molecule has 2 aliphatic carbocycles. The van der Waals surface area contributed by atoms with E-state index in [0.29, 0.717) is 48.5 Å². The molecule has 0 bridgehead atoms. The van der Waals surface area contributed by atoms with Gasteiger partial charge >= 0.3 is 6.01 Å². The third-order valence-electron chi connectivity index (χ3n) is 10.7. The molecule has 1 amide bonds. The summed E-state index contributed by atoms with van der Waals surface area (Å²) >= 11 is 0. The summed E-state index contributed by atoms with van der Waals surface area (Å²) in [6, 6.07) is 10.6. The molecule has 4 fully saturated rings. The molecule has 3 aliphatic heterocycles. The van der Waals surface area contributed by atoms with Gasteiger partial charge in [-0.15, -0.1) is 0 Å². The first-order valence-corrected chi connectivity index (χ1v) is 15.9. The van der Waals surface area contributed by atoms with Gasteiger partial charge in [0.15, 0.2) is 11.6 Å². The molecule has 5 aliphatic rings. The summed E-state index contributed by atoms with van der Waals surface area (Å²) in [5.74, 6) is 0.247. The van der Waals surface area contributed by atoms with Gasteiger partial charge in [-0.2, -0.15) is 15.2 Å². The lowest BCUT2D eigenvalue weighted by atomic mass is 9.95. The van der Waals surface area contributed by atoms with Crippen molar-refractivity contribution < 1.29 is 13.9 Å². The number of halogens is 1. The van der Waals surface area contributed by atoms with Crippen LogP contribution in [0.4, 0.5) is 10.2 Å². The van der Waals surface area contributed by atoms with E-state index < -0.39 is 17.8 Å². The molecule has 9 nitrogen and oxygen atoms in total. The summed E-state index contributed by atoms with van der Waals surface area (Å²) in [4.78, 5) is 33.3. The van der Waals surface area contributed by atoms with Crippen LogP contribution in [-0.2, 0) is 11.2 Å². The minimum Gasteiger partial charge on any atom is -0.461 e. The van der Waals surface area contributed by atoms with Gasteiger partial charge in [-0.25, -0.2) is 4.39 Å². The zero-order valence-electron chi connectivity index (χ0n) is 24.8. The van der Waals surface area contributed by atoms with Crippen molar-refractivity contribution in [2.24, 2.45) is 5.92 Å². The first-order valence-electron chi connectivity index (χ1n) is 15.9. The number of aromatic nitrogens is 3. The first kappa shape index (κ1) is 27.4. The fourth-order valence-corrected chi connectivity index (χ4v) is 8.42. The standard InChI is InChI=1S/C34H36FN7O2/c1-21(35)32(43)42-14-13-40(19-25(42)7-10-36)31-30-28(38-33(39-31)44-20-34-8-3-11-41(34)12-4-9-34)17-24(18-37-30)26-6-2-5-22-15-23-16-27(23)29(22)26/h2,5-6,17-18,23,25,27H,1,3-4,7-9,11-16,19-20H2/t23?,25-,27?/m0/s1. The molecular formula is C34H36FN7O2. The van der Waals surface area contributed by atoms with Crippen LogP contribution in [0.5, 0.6) is 6.01 Å². The predicted octanol–water partition coefficient (Wildman–Crippen LogP) is 4.77. The predicted molar refractivity (Wildman–Crippen MR) is 164 cm³/mol. The van der Waals surface area contributed by atoms with Gasteiger partial charge < -0.3 is 14.5 Å². The van der Waals surface area contributed by atoms with Gasteiger partial charge in [-0.1, -0.05) is 24.8 Å². The van der Waals surface area contributed by atoms with E-state index in [4.69, 9.17) is 19.7 Å². The number of pyridine rings is 1. The van der Waals surface area contributed by atoms with Crippen LogP contribution in [0.15, 0.2) is 42.9 Å². The Kier molecular flexibility index (Phi) is 6.56. The van der Waals surface area contributed by atoms with E-state index in [1.165, 1.54) is 40.9 Å². The molecule has 3 atom stereocenters. The van der Waals surface area contributed by atoms with Crippen molar-refractivity contribution in [3.8, 4) is 23.2 Å². The number of hydrogen-bond acceptors (Lipinski definition) is 8. The number of nitrogens with zero attached hydrogens (tertiary/aromatic N) is 7. The number of carbonyl (C=O) groups excluding carboxylic acids is 1. The van der Waals surface area contributed by atoms with Crippen molar-refractivity contribution in [1.82, 2.24) is 24.8 Å². The van der Waals surface area contributed by atoms with E-state index >= 15 is 0 Å². The number of fused-ring (bicyclic) bond motifs is 5. The Labute approximate surface area is 256 Å². The fourth-order valence-electron chi connectivity index (χ4n) is 8.42. The van der Waals surface area contributed by atoms with Crippen molar-refractivity contribution in [2.45, 2.75) is 62.4 Å². The molecule has 3 saturated heterocycles. The second kappa shape index (κ2) is 10.5. The minimum atomic E-state index is -1.02. The van der Waals surface area contributed by atoms with Crippen LogP contribution in [0.1, 0.15) is 55.6 Å². The highest BCUT2D eigenvalue weighted by molar-refractivity contribution is 5.92. The normalized spacial score (nSPS) is 25.0. The minimum absolute atomic E-state index is 0.0443. The van der Waals surface area contributed by atoms with Crippen LogP contribution in [0.3, 0.4) is 0 Å². The van der Waals surface area contributed by atoms with Crippen molar-refractivity contribution >= 4 is 22.8 Å². The molecule has 0 spiro atoms. The highest BCUT2D eigenvalue weighted by Crippen LogP contribution is 2.58. The molecule has 44 heavy (non-hydrogen) atoms. The monoisotopic (exact) mass is 593 g/mol. The molecule has 0 N–H and O–H groups in total. The lowest BCUT2D eigenvalue weighted by Crippen LogP contribution is -2.55. The largest absolute Gasteiger partial charge is 0.461 e. The van der Waals surface area contributed by atoms with Crippen LogP contribution in [-0.4, -0.2) is 81.6 Å². The van der Waals surface area contributed by atoms with Crippen LogP contribution < -0.4 is 9.64 Å². The van der Waals surface area contributed by atoms with Gasteiger partial charge in [0.25, 0.3) is 5.91 Å². The Morgan fingerprint density at radius 2 is 2.02 bits per heavy atom. The van der Waals surface area contributed by atoms with Crippen molar-refractivity contribution in [3.63, 3.8) is 0 Å². The van der Waals surface area contributed by atoms with Crippen LogP contribution >= 0.6 is 0 Å². The molecule has 1 saturated carbocycles. The number of carbonyl (C=O) groups is 1. The van der Waals surface area contributed by atoms with Crippen LogP contribution in [0.25, 0.3) is 22.2 Å². The lowest BCUT2D eigenvalue weighted by molar-refractivity contribution is -0.131. The first-order chi connectivity index (χ1) is 21.4. The number of benzene rings is 1. The third-order valence-corrected chi connectivity index (χ3v) is 10.7. The summed E-state index contributed by atoms with van der Waals surface area (Å²) in [5, 5.41) is 9.52. The van der Waals surface area contributed by atoms with Gasteiger partial charge in [0.1, 0.15) is 12.1 Å². The van der Waals surface area contributed by atoms with Gasteiger partial charge in [0.2, 0.25) is 0 Å². The molecular weight excluding hydrogens is 557 g/mol. The molecule has 0 radical (unpaired) electrons. The van der Waals surface area contributed by atoms with E-state index in [1.807, 2.05) is 11.1 Å². The Morgan fingerprint density at radius 3 is 2.82 bits per heavy atom. The Bertz CT molecular complexity index is 1710. The molecule has 10 heteroatoms. The summed E-state index contributed by atoms with van der Waals surface area (Å²) in [7, 11) is 0.